The molecule has 0 amide bonds. The number of rotatable bonds is 4. The van der Waals surface area contributed by atoms with Crippen LogP contribution in [0.3, 0.4) is 0 Å². The molecule has 0 saturated carbocycles. The van der Waals surface area contributed by atoms with E-state index < -0.39 is 0 Å². The molecule has 1 aromatic heterocycles. The number of halogens is 1. The Labute approximate surface area is 115 Å². The lowest BCUT2D eigenvalue weighted by atomic mass is 10.1. The van der Waals surface area contributed by atoms with E-state index in [0.717, 1.165) is 10.7 Å². The summed E-state index contributed by atoms with van der Waals surface area (Å²) in [6.45, 7) is 2.11. The van der Waals surface area contributed by atoms with Crippen molar-refractivity contribution in [2.24, 2.45) is 7.05 Å². The topological polar surface area (TPSA) is 39.9 Å². The van der Waals surface area contributed by atoms with Crippen molar-refractivity contribution in [2.45, 2.75) is 17.3 Å². The molecule has 1 heterocycles. The molecule has 0 aliphatic rings. The standard InChI is InChI=1S/C12H14ClN3OS/c1-8(18-12-15-14-7-16(12)2)9-4-5-11(17-3)10(13)6-9/h4-8H,1-3H3/t8-/m0/s1. The summed E-state index contributed by atoms with van der Waals surface area (Å²) in [4.78, 5) is 0. The quantitative estimate of drug-likeness (QED) is 0.807. The van der Waals surface area contributed by atoms with Gasteiger partial charge in [-0.15, -0.1) is 10.2 Å². The first-order valence-corrected chi connectivity index (χ1v) is 6.71. The van der Waals surface area contributed by atoms with E-state index in [0.29, 0.717) is 10.8 Å². The number of benzene rings is 1. The van der Waals surface area contributed by atoms with Gasteiger partial charge < -0.3 is 9.30 Å². The van der Waals surface area contributed by atoms with E-state index in [9.17, 15) is 0 Å². The number of thioether (sulfide) groups is 1. The Morgan fingerprint density at radius 1 is 1.44 bits per heavy atom. The van der Waals surface area contributed by atoms with Crippen molar-refractivity contribution in [1.82, 2.24) is 14.8 Å². The smallest absolute Gasteiger partial charge is 0.191 e. The van der Waals surface area contributed by atoms with Crippen molar-refractivity contribution >= 4 is 23.4 Å². The number of nitrogens with zero attached hydrogens (tertiary/aromatic N) is 3. The third-order valence-electron chi connectivity index (χ3n) is 2.60. The highest BCUT2D eigenvalue weighted by Crippen LogP contribution is 2.36. The minimum atomic E-state index is 0.247. The Hall–Kier alpha value is -1.20. The maximum Gasteiger partial charge on any atom is 0.191 e. The largest absolute Gasteiger partial charge is 0.495 e. The zero-order valence-corrected chi connectivity index (χ0v) is 12.0. The van der Waals surface area contributed by atoms with Crippen LogP contribution in [0.1, 0.15) is 17.7 Å². The van der Waals surface area contributed by atoms with Gasteiger partial charge in [-0.2, -0.15) is 0 Å². The number of aromatic nitrogens is 3. The molecule has 0 spiro atoms. The fourth-order valence-corrected chi connectivity index (χ4v) is 2.71. The molecule has 0 unspecified atom stereocenters. The van der Waals surface area contributed by atoms with E-state index in [1.807, 2.05) is 29.8 Å². The van der Waals surface area contributed by atoms with Gasteiger partial charge in [-0.3, -0.25) is 0 Å². The first-order valence-electron chi connectivity index (χ1n) is 5.46. The molecule has 0 radical (unpaired) electrons. The molecule has 96 valence electrons. The van der Waals surface area contributed by atoms with Gasteiger partial charge in [-0.05, 0) is 24.6 Å². The van der Waals surface area contributed by atoms with E-state index in [1.54, 1.807) is 25.2 Å². The van der Waals surface area contributed by atoms with Crippen molar-refractivity contribution in [1.29, 1.82) is 0 Å². The second-order valence-corrected chi connectivity index (χ2v) is 5.59. The SMILES string of the molecule is COc1ccc([C@H](C)Sc2nncn2C)cc1Cl. The van der Waals surface area contributed by atoms with E-state index in [1.165, 1.54) is 0 Å². The molecule has 1 atom stereocenters. The van der Waals surface area contributed by atoms with E-state index in [2.05, 4.69) is 17.1 Å². The van der Waals surface area contributed by atoms with Crippen LogP contribution in [0.2, 0.25) is 5.02 Å². The van der Waals surface area contributed by atoms with Crippen molar-refractivity contribution in [3.8, 4) is 5.75 Å². The Kier molecular flexibility index (Phi) is 4.14. The molecule has 6 heteroatoms. The van der Waals surface area contributed by atoms with Crippen molar-refractivity contribution in [2.75, 3.05) is 7.11 Å². The molecule has 18 heavy (non-hydrogen) atoms. The number of aryl methyl sites for hydroxylation is 1. The van der Waals surface area contributed by atoms with Gasteiger partial charge in [0.2, 0.25) is 0 Å². The van der Waals surface area contributed by atoms with Gasteiger partial charge in [0.25, 0.3) is 0 Å². The summed E-state index contributed by atoms with van der Waals surface area (Å²) in [6.07, 6.45) is 1.69. The van der Waals surface area contributed by atoms with Crippen molar-refractivity contribution in [3.63, 3.8) is 0 Å². The lowest BCUT2D eigenvalue weighted by molar-refractivity contribution is 0.415. The molecule has 1 aromatic carbocycles. The minimum Gasteiger partial charge on any atom is -0.495 e. The van der Waals surface area contributed by atoms with Gasteiger partial charge >= 0.3 is 0 Å². The lowest BCUT2D eigenvalue weighted by Crippen LogP contribution is -1.94. The van der Waals surface area contributed by atoms with Crippen LogP contribution in [0, 0.1) is 0 Å². The third-order valence-corrected chi connectivity index (χ3v) is 4.10. The monoisotopic (exact) mass is 283 g/mol. The predicted octanol–water partition coefficient (Wildman–Crippen LogP) is 3.33. The summed E-state index contributed by atoms with van der Waals surface area (Å²) in [6, 6.07) is 5.82. The Bertz CT molecular complexity index is 544. The molecular formula is C12H14ClN3OS. The Morgan fingerprint density at radius 3 is 2.78 bits per heavy atom. The molecule has 0 aliphatic heterocycles. The Morgan fingerprint density at radius 2 is 2.22 bits per heavy atom. The van der Waals surface area contributed by atoms with Crippen LogP contribution < -0.4 is 4.74 Å². The zero-order valence-electron chi connectivity index (χ0n) is 10.4. The van der Waals surface area contributed by atoms with Crippen LogP contribution in [0.25, 0.3) is 0 Å². The van der Waals surface area contributed by atoms with Crippen LogP contribution in [0.5, 0.6) is 5.75 Å². The van der Waals surface area contributed by atoms with Gasteiger partial charge in [0, 0.05) is 12.3 Å². The first kappa shape index (κ1) is 13.2. The molecular weight excluding hydrogens is 270 g/mol. The molecule has 0 aliphatic carbocycles. The highest BCUT2D eigenvalue weighted by atomic mass is 35.5. The van der Waals surface area contributed by atoms with Gasteiger partial charge in [0.05, 0.1) is 12.1 Å². The summed E-state index contributed by atoms with van der Waals surface area (Å²) in [5.74, 6) is 0.691. The predicted molar refractivity (Wildman–Crippen MR) is 73.3 cm³/mol. The second-order valence-electron chi connectivity index (χ2n) is 3.88. The fourth-order valence-electron chi connectivity index (χ4n) is 1.54. The maximum absolute atomic E-state index is 6.12. The average Bonchev–Trinajstić information content (AvgIpc) is 2.75. The zero-order chi connectivity index (χ0) is 13.1. The van der Waals surface area contributed by atoms with Gasteiger partial charge in [0.1, 0.15) is 12.1 Å². The number of methoxy groups -OCH3 is 1. The second kappa shape index (κ2) is 5.63. The van der Waals surface area contributed by atoms with Crippen LogP contribution >= 0.6 is 23.4 Å². The molecule has 2 aromatic rings. The lowest BCUT2D eigenvalue weighted by Gasteiger charge is -2.12. The van der Waals surface area contributed by atoms with Crippen molar-refractivity contribution in [3.05, 3.63) is 35.1 Å². The number of hydrogen-bond acceptors (Lipinski definition) is 4. The number of hydrogen-bond donors (Lipinski definition) is 0. The fraction of sp³-hybridized carbons (Fsp3) is 0.333. The summed E-state index contributed by atoms with van der Waals surface area (Å²) in [7, 11) is 3.54. The van der Waals surface area contributed by atoms with E-state index >= 15 is 0 Å². The van der Waals surface area contributed by atoms with E-state index in [4.69, 9.17) is 16.3 Å². The van der Waals surface area contributed by atoms with Crippen molar-refractivity contribution < 1.29 is 4.74 Å². The number of ether oxygens (including phenoxy) is 1. The van der Waals surface area contributed by atoms with Crippen LogP contribution in [-0.2, 0) is 7.05 Å². The van der Waals surface area contributed by atoms with E-state index in [-0.39, 0.29) is 5.25 Å². The third kappa shape index (κ3) is 2.79. The Balaban J connectivity index is 2.16. The van der Waals surface area contributed by atoms with Crippen LogP contribution in [-0.4, -0.2) is 21.9 Å². The van der Waals surface area contributed by atoms with Crippen LogP contribution in [0.4, 0.5) is 0 Å². The maximum atomic E-state index is 6.12. The molecule has 0 saturated heterocycles. The molecule has 0 fully saturated rings. The minimum absolute atomic E-state index is 0.247. The summed E-state index contributed by atoms with van der Waals surface area (Å²) >= 11 is 7.76. The molecule has 0 N–H and O–H groups in total. The summed E-state index contributed by atoms with van der Waals surface area (Å²) in [5.41, 5.74) is 1.13. The van der Waals surface area contributed by atoms with Gasteiger partial charge in [0.15, 0.2) is 5.16 Å². The summed E-state index contributed by atoms with van der Waals surface area (Å²) < 4.78 is 7.03. The van der Waals surface area contributed by atoms with Crippen LogP contribution in [0.15, 0.2) is 29.7 Å². The van der Waals surface area contributed by atoms with Gasteiger partial charge in [-0.25, -0.2) is 0 Å². The first-order chi connectivity index (χ1) is 8.61. The molecule has 0 bridgehead atoms. The molecule has 2 rings (SSSR count). The average molecular weight is 284 g/mol. The summed E-state index contributed by atoms with van der Waals surface area (Å²) in [5, 5.41) is 9.67. The highest BCUT2D eigenvalue weighted by Gasteiger charge is 2.12. The van der Waals surface area contributed by atoms with Gasteiger partial charge in [-0.1, -0.05) is 29.4 Å². The molecule has 4 nitrogen and oxygen atoms in total. The normalized spacial score (nSPS) is 12.4. The highest BCUT2D eigenvalue weighted by molar-refractivity contribution is 7.99.